The molecule has 1 saturated heterocycles. The summed E-state index contributed by atoms with van der Waals surface area (Å²) in [5, 5.41) is 5.54. The van der Waals surface area contributed by atoms with Gasteiger partial charge in [-0.2, -0.15) is 13.2 Å². The molecule has 1 unspecified atom stereocenters. The van der Waals surface area contributed by atoms with E-state index < -0.39 is 12.8 Å². The standard InChI is InChI=1S/C20H25F3N2O3S/c1-26-18-11-15(4-5-17(18)28-14-20(21,22)23)12-24-13-16(19-3-2-10-29-19)25-6-8-27-9-7-25/h2-5,10-11,16,24H,6-9,12-14H2,1H3. The summed E-state index contributed by atoms with van der Waals surface area (Å²) in [6.07, 6.45) is -4.39. The lowest BCUT2D eigenvalue weighted by molar-refractivity contribution is -0.153. The topological polar surface area (TPSA) is 43.0 Å². The molecule has 1 aromatic heterocycles. The van der Waals surface area contributed by atoms with Gasteiger partial charge in [-0.1, -0.05) is 12.1 Å². The molecular formula is C20H25F3N2O3S. The van der Waals surface area contributed by atoms with Crippen LogP contribution in [0.1, 0.15) is 16.5 Å². The maximum atomic E-state index is 12.4. The van der Waals surface area contributed by atoms with E-state index >= 15 is 0 Å². The van der Waals surface area contributed by atoms with Crippen molar-refractivity contribution in [2.24, 2.45) is 0 Å². The molecular weight excluding hydrogens is 405 g/mol. The summed E-state index contributed by atoms with van der Waals surface area (Å²) in [6.45, 7) is 3.24. The van der Waals surface area contributed by atoms with E-state index in [1.54, 1.807) is 23.5 Å². The number of alkyl halides is 3. The van der Waals surface area contributed by atoms with Crippen LogP contribution in [0.4, 0.5) is 13.2 Å². The number of morpholine rings is 1. The van der Waals surface area contributed by atoms with Crippen molar-refractivity contribution in [2.45, 2.75) is 18.8 Å². The monoisotopic (exact) mass is 430 g/mol. The van der Waals surface area contributed by atoms with E-state index in [1.165, 1.54) is 18.1 Å². The van der Waals surface area contributed by atoms with Gasteiger partial charge in [0, 0.05) is 31.1 Å². The van der Waals surface area contributed by atoms with E-state index in [0.717, 1.165) is 38.4 Å². The molecule has 0 amide bonds. The van der Waals surface area contributed by atoms with E-state index in [-0.39, 0.29) is 17.5 Å². The van der Waals surface area contributed by atoms with Crippen molar-refractivity contribution in [3.8, 4) is 11.5 Å². The van der Waals surface area contributed by atoms with Gasteiger partial charge in [-0.25, -0.2) is 0 Å². The number of hydrogen-bond donors (Lipinski definition) is 1. The van der Waals surface area contributed by atoms with E-state index in [0.29, 0.717) is 6.54 Å². The molecule has 0 aliphatic carbocycles. The number of ether oxygens (including phenoxy) is 3. The SMILES string of the molecule is COc1cc(CNCC(c2cccs2)N2CCOCC2)ccc1OCC(F)(F)F. The van der Waals surface area contributed by atoms with Crippen LogP contribution >= 0.6 is 11.3 Å². The Labute approximate surface area is 172 Å². The Morgan fingerprint density at radius 1 is 1.21 bits per heavy atom. The number of nitrogens with zero attached hydrogens (tertiary/aromatic N) is 1. The maximum absolute atomic E-state index is 12.4. The molecule has 2 heterocycles. The third-order valence-corrected chi connectivity index (χ3v) is 5.62. The van der Waals surface area contributed by atoms with E-state index in [9.17, 15) is 13.2 Å². The zero-order valence-corrected chi connectivity index (χ0v) is 17.0. The van der Waals surface area contributed by atoms with E-state index in [2.05, 4.69) is 27.7 Å². The van der Waals surface area contributed by atoms with Crippen molar-refractivity contribution in [3.05, 3.63) is 46.2 Å². The van der Waals surface area contributed by atoms with Crippen LogP contribution in [0.25, 0.3) is 0 Å². The fourth-order valence-corrected chi connectivity index (χ4v) is 4.09. The van der Waals surface area contributed by atoms with Crippen LogP contribution in [0.5, 0.6) is 11.5 Å². The highest BCUT2D eigenvalue weighted by Crippen LogP contribution is 2.30. The number of halogens is 3. The zero-order valence-electron chi connectivity index (χ0n) is 16.2. The molecule has 0 radical (unpaired) electrons. The van der Waals surface area contributed by atoms with Crippen molar-refractivity contribution in [1.29, 1.82) is 0 Å². The van der Waals surface area contributed by atoms with Gasteiger partial charge >= 0.3 is 6.18 Å². The minimum absolute atomic E-state index is 0.0818. The first kappa shape index (κ1) is 21.9. The lowest BCUT2D eigenvalue weighted by Crippen LogP contribution is -2.42. The molecule has 0 saturated carbocycles. The van der Waals surface area contributed by atoms with Gasteiger partial charge in [-0.3, -0.25) is 4.90 Å². The predicted molar refractivity (Wildman–Crippen MR) is 106 cm³/mol. The van der Waals surface area contributed by atoms with E-state index in [1.807, 2.05) is 0 Å². The van der Waals surface area contributed by atoms with Crippen LogP contribution in [-0.4, -0.2) is 57.6 Å². The summed E-state index contributed by atoms with van der Waals surface area (Å²) in [7, 11) is 1.41. The average molecular weight is 430 g/mol. The molecule has 1 aliphatic heterocycles. The number of benzene rings is 1. The van der Waals surface area contributed by atoms with Gasteiger partial charge in [0.2, 0.25) is 0 Å². The Hall–Kier alpha value is -1.81. The van der Waals surface area contributed by atoms with Crippen LogP contribution in [0.3, 0.4) is 0 Å². The Balaban J connectivity index is 1.59. The fourth-order valence-electron chi connectivity index (χ4n) is 3.23. The predicted octanol–water partition coefficient (Wildman–Crippen LogP) is 3.86. The Bertz CT molecular complexity index is 750. The smallest absolute Gasteiger partial charge is 0.422 e. The molecule has 3 rings (SSSR count). The lowest BCUT2D eigenvalue weighted by Gasteiger charge is -2.34. The number of hydrogen-bond acceptors (Lipinski definition) is 6. The molecule has 1 fully saturated rings. The maximum Gasteiger partial charge on any atom is 0.422 e. The largest absolute Gasteiger partial charge is 0.493 e. The second-order valence-electron chi connectivity index (χ2n) is 6.70. The molecule has 1 atom stereocenters. The Morgan fingerprint density at radius 2 is 2.00 bits per heavy atom. The highest BCUT2D eigenvalue weighted by Gasteiger charge is 2.29. The van der Waals surface area contributed by atoms with Gasteiger partial charge in [0.15, 0.2) is 18.1 Å². The van der Waals surface area contributed by atoms with Crippen LogP contribution < -0.4 is 14.8 Å². The van der Waals surface area contributed by atoms with Crippen LogP contribution in [0.15, 0.2) is 35.7 Å². The molecule has 5 nitrogen and oxygen atoms in total. The minimum atomic E-state index is -4.39. The summed E-state index contributed by atoms with van der Waals surface area (Å²) in [5.41, 5.74) is 0.910. The summed E-state index contributed by atoms with van der Waals surface area (Å²) >= 11 is 1.74. The van der Waals surface area contributed by atoms with Gasteiger partial charge in [0.25, 0.3) is 0 Å². The molecule has 1 aliphatic rings. The normalized spacial score (nSPS) is 16.6. The Kier molecular flexibility index (Phi) is 7.77. The minimum Gasteiger partial charge on any atom is -0.493 e. The van der Waals surface area contributed by atoms with Gasteiger partial charge < -0.3 is 19.5 Å². The molecule has 29 heavy (non-hydrogen) atoms. The van der Waals surface area contributed by atoms with Crippen molar-refractivity contribution in [1.82, 2.24) is 10.2 Å². The van der Waals surface area contributed by atoms with Gasteiger partial charge in [-0.05, 0) is 29.1 Å². The molecule has 0 bridgehead atoms. The first-order chi connectivity index (χ1) is 14.0. The molecule has 1 N–H and O–H groups in total. The van der Waals surface area contributed by atoms with Gasteiger partial charge in [0.1, 0.15) is 0 Å². The third kappa shape index (κ3) is 6.60. The van der Waals surface area contributed by atoms with Crippen LogP contribution in [-0.2, 0) is 11.3 Å². The highest BCUT2D eigenvalue weighted by atomic mass is 32.1. The molecule has 0 spiro atoms. The second kappa shape index (κ2) is 10.3. The van der Waals surface area contributed by atoms with Crippen molar-refractivity contribution in [3.63, 3.8) is 0 Å². The van der Waals surface area contributed by atoms with Gasteiger partial charge in [-0.15, -0.1) is 11.3 Å². The first-order valence-electron chi connectivity index (χ1n) is 9.38. The average Bonchev–Trinajstić information content (AvgIpc) is 3.24. The van der Waals surface area contributed by atoms with Gasteiger partial charge in [0.05, 0.1) is 26.4 Å². The molecule has 160 valence electrons. The highest BCUT2D eigenvalue weighted by molar-refractivity contribution is 7.10. The van der Waals surface area contributed by atoms with Crippen LogP contribution in [0, 0.1) is 0 Å². The quantitative estimate of drug-likeness (QED) is 0.655. The second-order valence-corrected chi connectivity index (χ2v) is 7.68. The fraction of sp³-hybridized carbons (Fsp3) is 0.500. The molecule has 9 heteroatoms. The molecule has 1 aromatic carbocycles. The summed E-state index contributed by atoms with van der Waals surface area (Å²) < 4.78 is 52.6. The Morgan fingerprint density at radius 3 is 2.66 bits per heavy atom. The summed E-state index contributed by atoms with van der Waals surface area (Å²) in [5.74, 6) is 0.370. The van der Waals surface area contributed by atoms with Crippen molar-refractivity contribution in [2.75, 3.05) is 46.6 Å². The number of methoxy groups -OCH3 is 1. The first-order valence-corrected chi connectivity index (χ1v) is 10.3. The summed E-state index contributed by atoms with van der Waals surface area (Å²) in [6, 6.07) is 9.42. The number of nitrogens with one attached hydrogen (secondary N) is 1. The van der Waals surface area contributed by atoms with Crippen molar-refractivity contribution >= 4 is 11.3 Å². The zero-order chi connectivity index (χ0) is 20.7. The third-order valence-electron chi connectivity index (χ3n) is 4.64. The van der Waals surface area contributed by atoms with Crippen molar-refractivity contribution < 1.29 is 27.4 Å². The summed E-state index contributed by atoms with van der Waals surface area (Å²) in [4.78, 5) is 3.71. The number of rotatable bonds is 9. The van der Waals surface area contributed by atoms with E-state index in [4.69, 9.17) is 14.2 Å². The molecule has 2 aromatic rings. The van der Waals surface area contributed by atoms with Crippen LogP contribution in [0.2, 0.25) is 0 Å². The lowest BCUT2D eigenvalue weighted by atomic mass is 10.1. The number of thiophene rings is 1.